The lowest BCUT2D eigenvalue weighted by Gasteiger charge is -2.44. The first-order valence-electron chi connectivity index (χ1n) is 11.3. The maximum atomic E-state index is 12.8. The molecule has 0 spiro atoms. The Bertz CT molecular complexity index is 809. The number of primary amides is 1. The number of carbonyl (C=O) groups excluding carboxylic acids is 4. The van der Waals surface area contributed by atoms with Gasteiger partial charge in [-0.2, -0.15) is 0 Å². The van der Waals surface area contributed by atoms with Gasteiger partial charge >= 0.3 is 11.9 Å². The van der Waals surface area contributed by atoms with Gasteiger partial charge in [-0.15, -0.1) is 0 Å². The molecule has 1 rings (SSSR count). The quantitative estimate of drug-likeness (QED) is 0.132. The molecular weight excluding hydrogens is 484 g/mol. The Hall–Kier alpha value is -2.85. The summed E-state index contributed by atoms with van der Waals surface area (Å²) in [6.07, 6.45) is -7.32. The molecule has 15 heteroatoms. The van der Waals surface area contributed by atoms with Crippen molar-refractivity contribution in [3.05, 3.63) is 0 Å². The van der Waals surface area contributed by atoms with Crippen LogP contribution in [0.2, 0.25) is 0 Å². The number of amides is 3. The van der Waals surface area contributed by atoms with E-state index in [9.17, 15) is 34.2 Å². The largest absolute Gasteiger partial charge is 0.481 e. The highest BCUT2D eigenvalue weighted by atomic mass is 16.6. The first-order chi connectivity index (χ1) is 16.6. The van der Waals surface area contributed by atoms with Gasteiger partial charge in [-0.3, -0.25) is 24.0 Å². The molecule has 8 N–H and O–H groups in total. The second-order valence-corrected chi connectivity index (χ2v) is 8.63. The Morgan fingerprint density at radius 1 is 1.14 bits per heavy atom. The molecule has 1 aliphatic rings. The van der Waals surface area contributed by atoms with E-state index >= 15 is 0 Å². The first kappa shape index (κ1) is 31.2. The van der Waals surface area contributed by atoms with Crippen LogP contribution in [0, 0.1) is 0 Å². The molecule has 0 saturated carbocycles. The second-order valence-electron chi connectivity index (χ2n) is 8.63. The Labute approximate surface area is 208 Å². The van der Waals surface area contributed by atoms with Gasteiger partial charge in [0.05, 0.1) is 12.1 Å². The lowest BCUT2D eigenvalue weighted by molar-refractivity contribution is -0.269. The van der Waals surface area contributed by atoms with E-state index in [0.29, 0.717) is 0 Å². The van der Waals surface area contributed by atoms with Gasteiger partial charge in [-0.05, 0) is 20.3 Å². The number of nitrogens with one attached hydrogen (secondary N) is 1. The van der Waals surface area contributed by atoms with Crippen LogP contribution in [0.4, 0.5) is 0 Å². The van der Waals surface area contributed by atoms with Crippen LogP contribution >= 0.6 is 0 Å². The number of aliphatic hydroxyl groups is 2. The number of carboxylic acids is 1. The number of nitrogens with two attached hydrogens (primary N) is 2. The molecule has 0 aliphatic carbocycles. The normalized spacial score (nSPS) is 26.2. The monoisotopic (exact) mass is 520 g/mol. The molecule has 0 aromatic heterocycles. The van der Waals surface area contributed by atoms with Crippen LogP contribution in [0.5, 0.6) is 0 Å². The maximum Gasteiger partial charge on any atom is 0.303 e. The molecule has 206 valence electrons. The van der Waals surface area contributed by atoms with Crippen molar-refractivity contribution in [1.82, 2.24) is 10.2 Å². The Morgan fingerprint density at radius 3 is 2.22 bits per heavy atom. The van der Waals surface area contributed by atoms with Crippen LogP contribution in [0.1, 0.15) is 40.5 Å². The number of rotatable bonds is 13. The van der Waals surface area contributed by atoms with Crippen molar-refractivity contribution < 1.29 is 53.5 Å². The van der Waals surface area contributed by atoms with Gasteiger partial charge in [0.2, 0.25) is 17.7 Å². The predicted molar refractivity (Wildman–Crippen MR) is 121 cm³/mol. The summed E-state index contributed by atoms with van der Waals surface area (Å²) in [5, 5.41) is 32.7. The zero-order valence-electron chi connectivity index (χ0n) is 20.7. The lowest BCUT2D eigenvalue weighted by Crippen LogP contribution is -2.65. The third-order valence-corrected chi connectivity index (χ3v) is 5.37. The second kappa shape index (κ2) is 14.0. The fourth-order valence-corrected chi connectivity index (χ4v) is 3.75. The standard InChI is InChI=1S/C21H36N4O11/c1-9(7-25(20(32)10(2)22)13(19(23)31)5-6-15(28)29)35-18-16(24-11(3)26)21(33)36-14(17(18)30)8-34-12(4)27/h9-10,13-14,16-18,21,30,33H,5-8,22H2,1-4H3,(H2,23,31)(H,24,26)(H,28,29)/t9?,10-,13+,14+,16+,17+,18+,21-/m0/s1. The number of hydrogen-bond acceptors (Lipinski definition) is 11. The molecule has 0 aromatic carbocycles. The zero-order valence-corrected chi connectivity index (χ0v) is 20.7. The number of ether oxygens (including phenoxy) is 3. The molecule has 0 bridgehead atoms. The number of nitrogens with zero attached hydrogens (tertiary/aromatic N) is 1. The van der Waals surface area contributed by atoms with Gasteiger partial charge in [0.25, 0.3) is 0 Å². The molecule has 15 nitrogen and oxygen atoms in total. The van der Waals surface area contributed by atoms with E-state index < -0.39 is 91.5 Å². The molecule has 1 saturated heterocycles. The third-order valence-electron chi connectivity index (χ3n) is 5.37. The molecule has 36 heavy (non-hydrogen) atoms. The summed E-state index contributed by atoms with van der Waals surface area (Å²) in [6.45, 7) is 4.47. The van der Waals surface area contributed by atoms with Gasteiger partial charge < -0.3 is 51.2 Å². The molecule has 0 radical (unpaired) electrons. The summed E-state index contributed by atoms with van der Waals surface area (Å²) < 4.78 is 16.0. The smallest absolute Gasteiger partial charge is 0.303 e. The van der Waals surface area contributed by atoms with Crippen LogP contribution in [0.25, 0.3) is 0 Å². The Kier molecular flexibility index (Phi) is 12.2. The molecule has 1 aliphatic heterocycles. The summed E-state index contributed by atoms with van der Waals surface area (Å²) in [5.74, 6) is -4.06. The SMILES string of the molecule is CC(=O)N[C@@H]1[C@@H](OC(C)CN(C(=O)[C@H](C)N)[C@H](CCC(=O)O)C(N)=O)[C@H](O)[C@@H](COC(C)=O)O[C@@H]1O. The highest BCUT2D eigenvalue weighted by molar-refractivity contribution is 5.89. The van der Waals surface area contributed by atoms with E-state index in [1.807, 2.05) is 0 Å². The van der Waals surface area contributed by atoms with Crippen LogP contribution < -0.4 is 16.8 Å². The molecule has 1 fully saturated rings. The predicted octanol–water partition coefficient (Wildman–Crippen LogP) is -3.20. The molecule has 3 amide bonds. The summed E-state index contributed by atoms with van der Waals surface area (Å²) in [4.78, 5) is 59.7. The third kappa shape index (κ3) is 9.31. The van der Waals surface area contributed by atoms with Gasteiger partial charge in [-0.1, -0.05) is 0 Å². The number of carbonyl (C=O) groups is 5. The number of aliphatic carboxylic acids is 1. The maximum absolute atomic E-state index is 12.8. The van der Waals surface area contributed by atoms with Crippen LogP contribution in [0.15, 0.2) is 0 Å². The van der Waals surface area contributed by atoms with Crippen LogP contribution in [0.3, 0.4) is 0 Å². The fraction of sp³-hybridized carbons (Fsp3) is 0.762. The minimum atomic E-state index is -1.65. The number of esters is 1. The van der Waals surface area contributed by atoms with E-state index in [1.54, 1.807) is 0 Å². The van der Waals surface area contributed by atoms with E-state index in [-0.39, 0.29) is 13.0 Å². The average Bonchev–Trinajstić information content (AvgIpc) is 2.75. The average molecular weight is 521 g/mol. The highest BCUT2D eigenvalue weighted by Gasteiger charge is 2.47. The van der Waals surface area contributed by atoms with Crippen molar-refractivity contribution in [2.45, 2.75) is 89.4 Å². The highest BCUT2D eigenvalue weighted by Crippen LogP contribution is 2.25. The van der Waals surface area contributed by atoms with Gasteiger partial charge in [0.15, 0.2) is 6.29 Å². The van der Waals surface area contributed by atoms with Crippen molar-refractivity contribution in [2.75, 3.05) is 13.2 Å². The molecule has 0 aromatic rings. The van der Waals surface area contributed by atoms with Crippen molar-refractivity contribution in [1.29, 1.82) is 0 Å². The first-order valence-corrected chi connectivity index (χ1v) is 11.3. The summed E-state index contributed by atoms with van der Waals surface area (Å²) >= 11 is 0. The molecule has 1 heterocycles. The van der Waals surface area contributed by atoms with Gasteiger partial charge in [0.1, 0.15) is 37.0 Å². The minimum Gasteiger partial charge on any atom is -0.481 e. The van der Waals surface area contributed by atoms with Crippen molar-refractivity contribution in [3.63, 3.8) is 0 Å². The zero-order chi connectivity index (χ0) is 27.7. The Balaban J connectivity index is 3.18. The van der Waals surface area contributed by atoms with E-state index in [2.05, 4.69) is 5.32 Å². The van der Waals surface area contributed by atoms with Crippen LogP contribution in [-0.4, -0.2) is 112 Å². The topological polar surface area (TPSA) is 241 Å². The lowest BCUT2D eigenvalue weighted by atomic mass is 9.96. The molecule has 1 unspecified atom stereocenters. The Morgan fingerprint density at radius 2 is 1.75 bits per heavy atom. The molecule has 8 atom stereocenters. The van der Waals surface area contributed by atoms with Crippen LogP contribution in [-0.2, 0) is 38.2 Å². The summed E-state index contributed by atoms with van der Waals surface area (Å²) in [5.41, 5.74) is 11.1. The number of carboxylic acid groups (broad SMARTS) is 1. The van der Waals surface area contributed by atoms with E-state index in [4.69, 9.17) is 30.8 Å². The van der Waals surface area contributed by atoms with Crippen molar-refractivity contribution in [3.8, 4) is 0 Å². The van der Waals surface area contributed by atoms with Gasteiger partial charge in [0, 0.05) is 26.8 Å². The summed E-state index contributed by atoms with van der Waals surface area (Å²) in [7, 11) is 0. The fourth-order valence-electron chi connectivity index (χ4n) is 3.75. The van der Waals surface area contributed by atoms with E-state index in [1.165, 1.54) is 20.8 Å². The number of hydrogen-bond donors (Lipinski definition) is 6. The molecular formula is C21H36N4O11. The van der Waals surface area contributed by atoms with Crippen molar-refractivity contribution in [2.24, 2.45) is 11.5 Å². The van der Waals surface area contributed by atoms with E-state index in [0.717, 1.165) is 11.8 Å². The number of aliphatic hydroxyl groups excluding tert-OH is 2. The minimum absolute atomic E-state index is 0.270. The summed E-state index contributed by atoms with van der Waals surface area (Å²) in [6, 6.07) is -3.61. The van der Waals surface area contributed by atoms with Crippen molar-refractivity contribution >= 4 is 29.7 Å². The van der Waals surface area contributed by atoms with Gasteiger partial charge in [-0.25, -0.2) is 0 Å².